The zero-order valence-corrected chi connectivity index (χ0v) is 8.97. The monoisotopic (exact) mass is 183 g/mol. The molecule has 1 aliphatic rings. The van der Waals surface area contributed by atoms with Gasteiger partial charge in [0.05, 0.1) is 11.6 Å². The van der Waals surface area contributed by atoms with E-state index in [2.05, 4.69) is 19.5 Å². The maximum Gasteiger partial charge on any atom is 0.206 e. The number of hydrogen-bond donors (Lipinski definition) is 0. The summed E-state index contributed by atoms with van der Waals surface area (Å²) in [7, 11) is -1.63. The Labute approximate surface area is 75.7 Å². The molecular formula is C9H17NOSi. The van der Waals surface area contributed by atoms with Gasteiger partial charge in [-0.1, -0.05) is 13.3 Å². The third-order valence-electron chi connectivity index (χ3n) is 2.80. The summed E-state index contributed by atoms with van der Waals surface area (Å²) in [6, 6.07) is 3.58. The van der Waals surface area contributed by atoms with Crippen molar-refractivity contribution in [3.63, 3.8) is 0 Å². The molecule has 1 saturated heterocycles. The molecule has 0 spiro atoms. The summed E-state index contributed by atoms with van der Waals surface area (Å²) in [5, 5.41) is 8.95. The van der Waals surface area contributed by atoms with E-state index in [4.69, 9.17) is 9.69 Å². The molecule has 1 aliphatic heterocycles. The number of hydrogen-bond acceptors (Lipinski definition) is 2. The quantitative estimate of drug-likeness (QED) is 0.617. The molecule has 0 N–H and O–H groups in total. The minimum absolute atomic E-state index is 0.206. The van der Waals surface area contributed by atoms with Gasteiger partial charge in [-0.05, 0) is 25.4 Å². The van der Waals surface area contributed by atoms with Crippen molar-refractivity contribution in [1.82, 2.24) is 0 Å². The van der Waals surface area contributed by atoms with Crippen LogP contribution in [-0.2, 0) is 4.43 Å². The van der Waals surface area contributed by atoms with Crippen LogP contribution in [0, 0.1) is 11.3 Å². The van der Waals surface area contributed by atoms with Crippen LogP contribution >= 0.6 is 0 Å². The molecule has 1 fully saturated rings. The van der Waals surface area contributed by atoms with E-state index in [9.17, 15) is 0 Å². The predicted octanol–water partition coefficient (Wildman–Crippen LogP) is 2.68. The molecule has 68 valence electrons. The van der Waals surface area contributed by atoms with E-state index >= 15 is 0 Å². The fraction of sp³-hybridized carbons (Fsp3) is 0.889. The van der Waals surface area contributed by atoms with E-state index in [1.54, 1.807) is 0 Å². The molecule has 0 aromatic rings. The van der Waals surface area contributed by atoms with Crippen molar-refractivity contribution in [3.05, 3.63) is 0 Å². The van der Waals surface area contributed by atoms with Gasteiger partial charge in [-0.2, -0.15) is 5.26 Å². The molecule has 3 heteroatoms. The smallest absolute Gasteiger partial charge is 0.206 e. The zero-order chi connectivity index (χ0) is 9.03. The zero-order valence-electron chi connectivity index (χ0n) is 7.97. The molecular weight excluding hydrogens is 166 g/mol. The fourth-order valence-electron chi connectivity index (χ4n) is 1.89. The Morgan fingerprint density at radius 2 is 2.33 bits per heavy atom. The second-order valence-electron chi connectivity index (χ2n) is 3.71. The Hall–Kier alpha value is -0.333. The summed E-state index contributed by atoms with van der Waals surface area (Å²) >= 11 is 0. The normalized spacial score (nSPS) is 32.4. The van der Waals surface area contributed by atoms with Crippen LogP contribution in [-0.4, -0.2) is 14.9 Å². The van der Waals surface area contributed by atoms with Crippen LogP contribution in [0.15, 0.2) is 0 Å². The average Bonchev–Trinajstić information content (AvgIpc) is 2.07. The Balaban J connectivity index is 2.61. The summed E-state index contributed by atoms with van der Waals surface area (Å²) in [6.45, 7) is 5.19. The first-order chi connectivity index (χ1) is 5.73. The summed E-state index contributed by atoms with van der Waals surface area (Å²) < 4.78 is 5.83. The average molecular weight is 183 g/mol. The molecule has 0 saturated carbocycles. The summed E-state index contributed by atoms with van der Waals surface area (Å²) in [5.41, 5.74) is 0.206. The van der Waals surface area contributed by atoms with Gasteiger partial charge in [0.15, 0.2) is 0 Å². The Morgan fingerprint density at radius 3 is 2.75 bits per heavy atom. The summed E-state index contributed by atoms with van der Waals surface area (Å²) in [4.78, 5) is 0. The van der Waals surface area contributed by atoms with Gasteiger partial charge < -0.3 is 4.43 Å². The van der Waals surface area contributed by atoms with E-state index < -0.39 is 8.32 Å². The first kappa shape index (κ1) is 9.75. The minimum atomic E-state index is -1.63. The van der Waals surface area contributed by atoms with Crippen molar-refractivity contribution in [1.29, 1.82) is 5.26 Å². The van der Waals surface area contributed by atoms with Gasteiger partial charge in [0.2, 0.25) is 8.32 Å². The first-order valence-electron chi connectivity index (χ1n) is 4.76. The molecule has 0 radical (unpaired) electrons. The maximum atomic E-state index is 8.95. The van der Waals surface area contributed by atoms with Crippen molar-refractivity contribution in [2.45, 2.75) is 44.3 Å². The van der Waals surface area contributed by atoms with E-state index in [1.165, 1.54) is 18.9 Å². The van der Waals surface area contributed by atoms with Crippen molar-refractivity contribution in [2.24, 2.45) is 0 Å². The lowest BCUT2D eigenvalue weighted by Gasteiger charge is -2.34. The lowest BCUT2D eigenvalue weighted by Crippen LogP contribution is -2.42. The van der Waals surface area contributed by atoms with E-state index in [1.807, 2.05) is 0 Å². The summed E-state index contributed by atoms with van der Waals surface area (Å²) in [5.74, 6) is 0. The molecule has 0 aliphatic carbocycles. The highest BCUT2D eigenvalue weighted by atomic mass is 28.4. The van der Waals surface area contributed by atoms with Crippen molar-refractivity contribution >= 4 is 8.32 Å². The molecule has 0 aromatic heterocycles. The Morgan fingerprint density at radius 1 is 1.58 bits per heavy atom. The second kappa shape index (κ2) is 4.06. The molecule has 0 aromatic carbocycles. The van der Waals surface area contributed by atoms with Crippen LogP contribution in [0.3, 0.4) is 0 Å². The summed E-state index contributed by atoms with van der Waals surface area (Å²) in [6.07, 6.45) is 3.41. The third-order valence-corrected chi connectivity index (χ3v) is 7.02. The minimum Gasteiger partial charge on any atom is -0.416 e. The molecule has 1 heterocycles. The first-order valence-corrected chi connectivity index (χ1v) is 7.46. The van der Waals surface area contributed by atoms with Gasteiger partial charge in [0, 0.05) is 6.61 Å². The highest BCUT2D eigenvalue weighted by Gasteiger charge is 2.39. The number of nitrogens with zero attached hydrogens (tertiary/aromatic N) is 1. The van der Waals surface area contributed by atoms with Crippen LogP contribution in [0.25, 0.3) is 0 Å². The van der Waals surface area contributed by atoms with Crippen molar-refractivity contribution in [2.75, 3.05) is 6.61 Å². The second-order valence-corrected chi connectivity index (χ2v) is 7.82. The molecule has 1 rings (SSSR count). The topological polar surface area (TPSA) is 33.0 Å². The van der Waals surface area contributed by atoms with Crippen LogP contribution < -0.4 is 0 Å². The maximum absolute atomic E-state index is 8.95. The molecule has 2 nitrogen and oxygen atoms in total. The Bertz CT molecular complexity index is 181. The lowest BCUT2D eigenvalue weighted by molar-refractivity contribution is 0.265. The number of rotatable bonds is 2. The van der Waals surface area contributed by atoms with Gasteiger partial charge in [0.1, 0.15) is 0 Å². The van der Waals surface area contributed by atoms with Crippen molar-refractivity contribution < 1.29 is 4.43 Å². The molecule has 12 heavy (non-hydrogen) atoms. The third kappa shape index (κ3) is 1.88. The van der Waals surface area contributed by atoms with Crippen LogP contribution in [0.2, 0.25) is 18.1 Å². The van der Waals surface area contributed by atoms with E-state index in [-0.39, 0.29) is 5.54 Å². The van der Waals surface area contributed by atoms with Gasteiger partial charge in [-0.3, -0.25) is 0 Å². The van der Waals surface area contributed by atoms with Gasteiger partial charge in [-0.25, -0.2) is 0 Å². The molecule has 0 amide bonds. The van der Waals surface area contributed by atoms with Crippen molar-refractivity contribution in [3.8, 4) is 6.07 Å². The van der Waals surface area contributed by atoms with E-state index in [0.717, 1.165) is 13.0 Å². The standard InChI is InChI=1S/C9H17NOSi/c1-3-9(8-10)12(2)7-5-4-6-11-12/h9H,3-7H2,1-2H3. The lowest BCUT2D eigenvalue weighted by atomic mass is 10.3. The Kier molecular flexibility index (Phi) is 3.30. The van der Waals surface area contributed by atoms with Crippen LogP contribution in [0.1, 0.15) is 26.2 Å². The largest absolute Gasteiger partial charge is 0.416 e. The molecule has 2 atom stereocenters. The van der Waals surface area contributed by atoms with Crippen LogP contribution in [0.4, 0.5) is 0 Å². The van der Waals surface area contributed by atoms with Gasteiger partial charge in [0.25, 0.3) is 0 Å². The molecule has 2 unspecified atom stereocenters. The SMILES string of the molecule is CCC(C#N)[Si]1(C)CCCCO1. The van der Waals surface area contributed by atoms with E-state index in [0.29, 0.717) is 0 Å². The fourth-order valence-corrected chi connectivity index (χ4v) is 5.28. The highest BCUT2D eigenvalue weighted by molar-refractivity contribution is 6.74. The predicted molar refractivity (Wildman–Crippen MR) is 51.3 cm³/mol. The molecule has 0 bridgehead atoms. The van der Waals surface area contributed by atoms with Crippen LogP contribution in [0.5, 0.6) is 0 Å². The van der Waals surface area contributed by atoms with Gasteiger partial charge in [-0.15, -0.1) is 0 Å². The van der Waals surface area contributed by atoms with Gasteiger partial charge >= 0.3 is 0 Å². The number of nitriles is 1. The highest BCUT2D eigenvalue weighted by Crippen LogP contribution is 2.33.